The van der Waals surface area contributed by atoms with E-state index in [9.17, 15) is 22.8 Å². The molecule has 1 aliphatic carbocycles. The summed E-state index contributed by atoms with van der Waals surface area (Å²) >= 11 is 0. The van der Waals surface area contributed by atoms with Crippen molar-refractivity contribution < 1.29 is 37.0 Å². The second-order valence-electron chi connectivity index (χ2n) is 9.63. The van der Waals surface area contributed by atoms with E-state index in [1.54, 1.807) is 12.1 Å². The molecular formula is C26H27F3N2O5. The second-order valence-corrected chi connectivity index (χ2v) is 9.63. The van der Waals surface area contributed by atoms with E-state index in [2.05, 4.69) is 4.99 Å². The predicted octanol–water partition coefficient (Wildman–Crippen LogP) is 5.44. The SMILES string of the molecule is COc1cc(C2C3C(=O)CC(C)(C)CC3=Nc3ccccc3N2C(=O)C(F)(F)F)cc(OC)c1OC. The normalized spacial score (nSPS) is 21.1. The van der Waals surface area contributed by atoms with Gasteiger partial charge in [-0.2, -0.15) is 13.2 Å². The summed E-state index contributed by atoms with van der Waals surface area (Å²) in [5.74, 6) is -2.88. The van der Waals surface area contributed by atoms with Crippen LogP contribution in [0.4, 0.5) is 24.5 Å². The average molecular weight is 505 g/mol. The number of hydrogen-bond acceptors (Lipinski definition) is 6. The van der Waals surface area contributed by atoms with Crippen molar-refractivity contribution in [1.29, 1.82) is 0 Å². The second kappa shape index (κ2) is 9.15. The molecule has 7 nitrogen and oxygen atoms in total. The van der Waals surface area contributed by atoms with E-state index in [0.29, 0.717) is 17.0 Å². The van der Waals surface area contributed by atoms with Crippen LogP contribution in [0, 0.1) is 11.3 Å². The van der Waals surface area contributed by atoms with Crippen LogP contribution < -0.4 is 19.1 Å². The number of Topliss-reactive ketones (excluding diaryl/α,β-unsaturated/α-hetero) is 1. The molecule has 2 aliphatic rings. The molecule has 36 heavy (non-hydrogen) atoms. The van der Waals surface area contributed by atoms with Crippen LogP contribution in [-0.2, 0) is 9.59 Å². The van der Waals surface area contributed by atoms with Gasteiger partial charge in [-0.05, 0) is 41.7 Å². The molecular weight excluding hydrogens is 477 g/mol. The number of ether oxygens (including phenoxy) is 3. The third-order valence-corrected chi connectivity index (χ3v) is 6.51. The van der Waals surface area contributed by atoms with Gasteiger partial charge in [0.15, 0.2) is 11.5 Å². The van der Waals surface area contributed by atoms with Crippen LogP contribution in [0.5, 0.6) is 17.2 Å². The number of ketones is 1. The molecule has 2 aromatic rings. The van der Waals surface area contributed by atoms with E-state index in [-0.39, 0.29) is 46.4 Å². The van der Waals surface area contributed by atoms with Crippen LogP contribution in [0.25, 0.3) is 0 Å². The van der Waals surface area contributed by atoms with E-state index in [1.165, 1.54) is 45.6 Å². The molecule has 1 amide bonds. The van der Waals surface area contributed by atoms with Crippen LogP contribution in [-0.4, -0.2) is 44.9 Å². The van der Waals surface area contributed by atoms with Crippen LogP contribution in [0.2, 0.25) is 0 Å². The minimum Gasteiger partial charge on any atom is -0.493 e. The Kier molecular flexibility index (Phi) is 6.49. The fourth-order valence-electron chi connectivity index (χ4n) is 5.10. The zero-order valence-electron chi connectivity index (χ0n) is 20.6. The van der Waals surface area contributed by atoms with Crippen molar-refractivity contribution >= 4 is 28.8 Å². The maximum atomic E-state index is 14.0. The number of fused-ring (bicyclic) bond motifs is 2. The van der Waals surface area contributed by atoms with E-state index in [0.717, 1.165) is 0 Å². The number of alkyl halides is 3. The van der Waals surface area contributed by atoms with Crippen molar-refractivity contribution in [3.63, 3.8) is 0 Å². The highest BCUT2D eigenvalue weighted by Crippen LogP contribution is 2.51. The number of methoxy groups -OCH3 is 3. The zero-order valence-corrected chi connectivity index (χ0v) is 20.6. The average Bonchev–Trinajstić information content (AvgIpc) is 2.95. The maximum Gasteiger partial charge on any atom is 0.471 e. The quantitative estimate of drug-likeness (QED) is 0.554. The Morgan fingerprint density at radius 1 is 1.03 bits per heavy atom. The van der Waals surface area contributed by atoms with Crippen molar-refractivity contribution in [2.24, 2.45) is 16.3 Å². The molecule has 0 saturated heterocycles. The van der Waals surface area contributed by atoms with Crippen molar-refractivity contribution in [2.75, 3.05) is 26.2 Å². The summed E-state index contributed by atoms with van der Waals surface area (Å²) < 4.78 is 58.3. The topological polar surface area (TPSA) is 77.4 Å². The lowest BCUT2D eigenvalue weighted by Crippen LogP contribution is -2.50. The smallest absolute Gasteiger partial charge is 0.471 e. The van der Waals surface area contributed by atoms with E-state index in [1.807, 2.05) is 13.8 Å². The summed E-state index contributed by atoms with van der Waals surface area (Å²) in [6.45, 7) is 3.82. The van der Waals surface area contributed by atoms with Crippen molar-refractivity contribution in [2.45, 2.75) is 38.9 Å². The summed E-state index contributed by atoms with van der Waals surface area (Å²) in [6.07, 6.45) is -4.69. The number of aliphatic imine (C=N–C) groups is 1. The number of hydrogen-bond donors (Lipinski definition) is 0. The first-order chi connectivity index (χ1) is 16.9. The molecule has 0 bridgehead atoms. The molecule has 1 fully saturated rings. The fourth-order valence-corrected chi connectivity index (χ4v) is 5.10. The summed E-state index contributed by atoms with van der Waals surface area (Å²) in [6, 6.07) is 7.70. The monoisotopic (exact) mass is 504 g/mol. The number of anilines is 1. The lowest BCUT2D eigenvalue weighted by Gasteiger charge is -2.41. The Bertz CT molecular complexity index is 1210. The van der Waals surface area contributed by atoms with Gasteiger partial charge in [-0.15, -0.1) is 0 Å². The van der Waals surface area contributed by atoms with Gasteiger partial charge in [0.1, 0.15) is 5.78 Å². The molecule has 0 spiro atoms. The van der Waals surface area contributed by atoms with Gasteiger partial charge in [0.25, 0.3) is 0 Å². The summed E-state index contributed by atoms with van der Waals surface area (Å²) in [4.78, 5) is 31.9. The van der Waals surface area contributed by atoms with Crippen LogP contribution in [0.15, 0.2) is 41.4 Å². The van der Waals surface area contributed by atoms with Gasteiger partial charge in [0.2, 0.25) is 5.75 Å². The van der Waals surface area contributed by atoms with Crippen molar-refractivity contribution in [1.82, 2.24) is 0 Å². The summed E-state index contributed by atoms with van der Waals surface area (Å²) in [5, 5.41) is 0. The van der Waals surface area contributed by atoms with Gasteiger partial charge in [0.05, 0.1) is 44.7 Å². The van der Waals surface area contributed by atoms with Crippen molar-refractivity contribution in [3.8, 4) is 17.2 Å². The Labute approximate surface area is 206 Å². The van der Waals surface area contributed by atoms with Crippen LogP contribution >= 0.6 is 0 Å². The number of nitrogens with zero attached hydrogens (tertiary/aromatic N) is 2. The third-order valence-electron chi connectivity index (χ3n) is 6.51. The molecule has 4 rings (SSSR count). The van der Waals surface area contributed by atoms with Crippen molar-refractivity contribution in [3.05, 3.63) is 42.0 Å². The number of halogens is 3. The molecule has 192 valence electrons. The Hall–Kier alpha value is -3.56. The van der Waals surface area contributed by atoms with Gasteiger partial charge < -0.3 is 14.2 Å². The lowest BCUT2D eigenvalue weighted by molar-refractivity contribution is -0.171. The predicted molar refractivity (Wildman–Crippen MR) is 127 cm³/mol. The maximum absolute atomic E-state index is 14.0. The minimum absolute atomic E-state index is 0.0360. The molecule has 10 heteroatoms. The van der Waals surface area contributed by atoms with Gasteiger partial charge in [-0.25, -0.2) is 0 Å². The molecule has 1 saturated carbocycles. The molecule has 2 atom stereocenters. The van der Waals surface area contributed by atoms with E-state index < -0.39 is 29.5 Å². The number of carbonyl (C=O) groups excluding carboxylic acids is 2. The molecule has 0 N–H and O–H groups in total. The highest BCUT2D eigenvalue weighted by Gasteiger charge is 2.53. The Morgan fingerprint density at radius 2 is 1.64 bits per heavy atom. The lowest BCUT2D eigenvalue weighted by atomic mass is 9.68. The number of para-hydroxylation sites is 2. The number of rotatable bonds is 4. The highest BCUT2D eigenvalue weighted by atomic mass is 19.4. The molecule has 2 aromatic carbocycles. The largest absolute Gasteiger partial charge is 0.493 e. The third kappa shape index (κ3) is 4.40. The van der Waals surface area contributed by atoms with Gasteiger partial charge in [-0.3, -0.25) is 19.5 Å². The number of carbonyl (C=O) groups is 2. The molecule has 2 unspecified atom stereocenters. The summed E-state index contributed by atoms with van der Waals surface area (Å²) in [7, 11) is 4.16. The number of benzene rings is 2. The van der Waals surface area contributed by atoms with E-state index in [4.69, 9.17) is 14.2 Å². The fraction of sp³-hybridized carbons (Fsp3) is 0.423. The molecule has 0 aromatic heterocycles. The number of amides is 1. The van der Waals surface area contributed by atoms with Gasteiger partial charge >= 0.3 is 12.1 Å². The minimum atomic E-state index is -5.20. The first kappa shape index (κ1) is 25.5. The molecule has 1 heterocycles. The first-order valence-electron chi connectivity index (χ1n) is 11.3. The van der Waals surface area contributed by atoms with Gasteiger partial charge in [0, 0.05) is 12.1 Å². The zero-order chi connectivity index (χ0) is 26.4. The van der Waals surface area contributed by atoms with E-state index >= 15 is 0 Å². The molecule has 1 aliphatic heterocycles. The Morgan fingerprint density at radius 3 is 2.19 bits per heavy atom. The first-order valence-corrected chi connectivity index (χ1v) is 11.3. The Balaban J connectivity index is 2.06. The van der Waals surface area contributed by atoms with Gasteiger partial charge in [-0.1, -0.05) is 26.0 Å². The standard InChI is InChI=1S/C26H27F3N2O5/c1-25(2)12-16-21(18(32)13-25)22(14-10-19(34-3)23(36-5)20(11-14)35-4)31(24(33)26(27,28)29)17-9-7-6-8-15(17)30-16/h6-11,21-22H,12-13H2,1-5H3. The summed E-state index contributed by atoms with van der Waals surface area (Å²) in [5.41, 5.74) is 0.371. The molecule has 0 radical (unpaired) electrons. The van der Waals surface area contributed by atoms with Crippen LogP contribution in [0.1, 0.15) is 38.3 Å². The van der Waals surface area contributed by atoms with Crippen LogP contribution in [0.3, 0.4) is 0 Å². The highest BCUT2D eigenvalue weighted by molar-refractivity contribution is 6.13.